The summed E-state index contributed by atoms with van der Waals surface area (Å²) in [5.41, 5.74) is 0.875. The Morgan fingerprint density at radius 1 is 1.38 bits per heavy atom. The second-order valence-electron chi connectivity index (χ2n) is 5.44. The van der Waals surface area contributed by atoms with E-state index in [1.165, 1.54) is 13.1 Å². The first-order valence-corrected chi connectivity index (χ1v) is 7.21. The summed E-state index contributed by atoms with van der Waals surface area (Å²) in [6.07, 6.45) is 4.84. The Morgan fingerprint density at radius 3 is 2.76 bits per heavy atom. The quantitative estimate of drug-likeness (QED) is 0.813. The molecular formula is C15H20N2O4. The number of carboxylic acid groups (broad SMARTS) is 1. The molecule has 0 radical (unpaired) electrons. The molecule has 1 aliphatic rings. The van der Waals surface area contributed by atoms with Crippen LogP contribution in [0.1, 0.15) is 59.9 Å². The highest BCUT2D eigenvalue weighted by Gasteiger charge is 2.28. The largest absolute Gasteiger partial charge is 0.481 e. The lowest BCUT2D eigenvalue weighted by Gasteiger charge is -2.35. The van der Waals surface area contributed by atoms with Crippen LogP contribution in [0, 0.1) is 0 Å². The topological polar surface area (TPSA) is 90.5 Å². The summed E-state index contributed by atoms with van der Waals surface area (Å²) in [6, 6.07) is 1.53. The lowest BCUT2D eigenvalue weighted by Crippen LogP contribution is -2.44. The average molecular weight is 292 g/mol. The van der Waals surface area contributed by atoms with Crippen LogP contribution in [0.3, 0.4) is 0 Å². The first-order chi connectivity index (χ1) is 9.99. The van der Waals surface area contributed by atoms with E-state index in [-0.39, 0.29) is 24.2 Å². The zero-order valence-corrected chi connectivity index (χ0v) is 12.1. The Labute approximate surface area is 123 Å². The van der Waals surface area contributed by atoms with E-state index in [2.05, 4.69) is 4.98 Å². The van der Waals surface area contributed by atoms with E-state index < -0.39 is 5.97 Å². The molecule has 1 fully saturated rings. The minimum atomic E-state index is -0.841. The van der Waals surface area contributed by atoms with Crippen LogP contribution >= 0.6 is 0 Å². The van der Waals surface area contributed by atoms with Gasteiger partial charge in [-0.1, -0.05) is 0 Å². The first-order valence-electron chi connectivity index (χ1n) is 7.21. The number of carbonyl (C=O) groups excluding carboxylic acids is 2. The number of aromatic amines is 1. The minimum absolute atomic E-state index is 0.0357. The van der Waals surface area contributed by atoms with Crippen molar-refractivity contribution in [3.05, 3.63) is 23.5 Å². The van der Waals surface area contributed by atoms with Crippen molar-refractivity contribution in [1.29, 1.82) is 0 Å². The molecule has 0 aliphatic carbocycles. The van der Waals surface area contributed by atoms with Gasteiger partial charge in [0, 0.05) is 30.8 Å². The molecule has 21 heavy (non-hydrogen) atoms. The third-order valence-corrected chi connectivity index (χ3v) is 3.90. The van der Waals surface area contributed by atoms with Crippen LogP contribution in [0.5, 0.6) is 0 Å². The van der Waals surface area contributed by atoms with Crippen molar-refractivity contribution < 1.29 is 19.5 Å². The van der Waals surface area contributed by atoms with Gasteiger partial charge in [-0.15, -0.1) is 0 Å². The molecule has 114 valence electrons. The summed E-state index contributed by atoms with van der Waals surface area (Å²) in [6.45, 7) is 2.09. The summed E-state index contributed by atoms with van der Waals surface area (Å²) >= 11 is 0. The summed E-state index contributed by atoms with van der Waals surface area (Å²) < 4.78 is 0. The Bertz CT molecular complexity index is 550. The molecule has 1 atom stereocenters. The van der Waals surface area contributed by atoms with Crippen molar-refractivity contribution in [2.24, 2.45) is 0 Å². The molecule has 0 saturated carbocycles. The fourth-order valence-corrected chi connectivity index (χ4v) is 2.73. The van der Waals surface area contributed by atoms with Crippen LogP contribution < -0.4 is 0 Å². The van der Waals surface area contributed by atoms with Gasteiger partial charge >= 0.3 is 5.97 Å². The molecule has 1 aliphatic heterocycles. The molecule has 6 heteroatoms. The van der Waals surface area contributed by atoms with Gasteiger partial charge in [0.15, 0.2) is 5.78 Å². The summed E-state index contributed by atoms with van der Waals surface area (Å²) in [5.74, 6) is -1.09. The van der Waals surface area contributed by atoms with Crippen LogP contribution in [0.25, 0.3) is 0 Å². The van der Waals surface area contributed by atoms with Crippen molar-refractivity contribution in [3.8, 4) is 0 Å². The van der Waals surface area contributed by atoms with E-state index in [0.29, 0.717) is 24.2 Å². The first kappa shape index (κ1) is 15.3. The summed E-state index contributed by atoms with van der Waals surface area (Å²) in [5, 5.41) is 8.80. The molecule has 1 unspecified atom stereocenters. The van der Waals surface area contributed by atoms with Crippen molar-refractivity contribution in [2.45, 2.75) is 45.1 Å². The van der Waals surface area contributed by atoms with E-state index in [4.69, 9.17) is 5.11 Å². The maximum Gasteiger partial charge on any atom is 0.303 e. The van der Waals surface area contributed by atoms with E-state index in [1.54, 1.807) is 11.0 Å². The molecule has 6 nitrogen and oxygen atoms in total. The Balaban J connectivity index is 2.10. The van der Waals surface area contributed by atoms with Gasteiger partial charge in [0.2, 0.25) is 0 Å². The smallest absolute Gasteiger partial charge is 0.303 e. The monoisotopic (exact) mass is 292 g/mol. The van der Waals surface area contributed by atoms with Crippen LogP contribution in [0.4, 0.5) is 0 Å². The predicted molar refractivity (Wildman–Crippen MR) is 76.3 cm³/mol. The van der Waals surface area contributed by atoms with Gasteiger partial charge in [-0.2, -0.15) is 0 Å². The molecule has 1 amide bonds. The zero-order chi connectivity index (χ0) is 15.4. The van der Waals surface area contributed by atoms with Gasteiger partial charge < -0.3 is 15.0 Å². The van der Waals surface area contributed by atoms with Gasteiger partial charge in [0.05, 0.1) is 0 Å². The molecule has 2 N–H and O–H groups in total. The van der Waals surface area contributed by atoms with E-state index >= 15 is 0 Å². The third-order valence-electron chi connectivity index (χ3n) is 3.90. The Morgan fingerprint density at radius 2 is 2.14 bits per heavy atom. The highest BCUT2D eigenvalue weighted by Crippen LogP contribution is 2.23. The Kier molecular flexibility index (Phi) is 4.77. The number of carboxylic acids is 1. The van der Waals surface area contributed by atoms with Crippen LogP contribution in [0.15, 0.2) is 12.3 Å². The van der Waals surface area contributed by atoms with Gasteiger partial charge in [-0.3, -0.25) is 14.4 Å². The number of Topliss-reactive ketones (excluding diaryl/α,β-unsaturated/α-hetero) is 1. The number of likely N-dealkylation sites (tertiary alicyclic amines) is 1. The lowest BCUT2D eigenvalue weighted by atomic mass is 9.97. The Hall–Kier alpha value is -2.11. The number of H-pyrrole nitrogens is 1. The third kappa shape index (κ3) is 3.71. The van der Waals surface area contributed by atoms with Crippen LogP contribution in [-0.4, -0.2) is 45.2 Å². The maximum atomic E-state index is 12.5. The number of rotatable bonds is 5. The van der Waals surface area contributed by atoms with Gasteiger partial charge in [-0.25, -0.2) is 0 Å². The van der Waals surface area contributed by atoms with Gasteiger partial charge in [0.25, 0.3) is 5.91 Å². The minimum Gasteiger partial charge on any atom is -0.481 e. The molecule has 0 bridgehead atoms. The van der Waals surface area contributed by atoms with Gasteiger partial charge in [-0.05, 0) is 38.7 Å². The number of piperidine rings is 1. The molecule has 1 aromatic rings. The summed E-state index contributed by atoms with van der Waals surface area (Å²) in [7, 11) is 0. The lowest BCUT2D eigenvalue weighted by molar-refractivity contribution is -0.137. The van der Waals surface area contributed by atoms with Crippen molar-refractivity contribution >= 4 is 17.7 Å². The number of nitrogens with zero attached hydrogens (tertiary/aromatic N) is 1. The standard InChI is InChI=1S/C15H20N2O4/c1-10(18)11-8-13(16-9-11)15(21)17-7-3-2-4-12(17)5-6-14(19)20/h8-9,12,16H,2-7H2,1H3,(H,19,20). The highest BCUT2D eigenvalue weighted by molar-refractivity contribution is 5.99. The van der Waals surface area contributed by atoms with E-state index in [9.17, 15) is 14.4 Å². The number of carbonyl (C=O) groups is 3. The number of hydrogen-bond donors (Lipinski definition) is 2. The molecule has 0 spiro atoms. The fraction of sp³-hybridized carbons (Fsp3) is 0.533. The highest BCUT2D eigenvalue weighted by atomic mass is 16.4. The molecular weight excluding hydrogens is 272 g/mol. The fourth-order valence-electron chi connectivity index (χ4n) is 2.73. The van der Waals surface area contributed by atoms with E-state index in [0.717, 1.165) is 19.3 Å². The van der Waals surface area contributed by atoms with Crippen molar-refractivity contribution in [3.63, 3.8) is 0 Å². The average Bonchev–Trinajstić information content (AvgIpc) is 2.94. The zero-order valence-electron chi connectivity index (χ0n) is 12.1. The van der Waals surface area contributed by atoms with E-state index in [1.807, 2.05) is 0 Å². The maximum absolute atomic E-state index is 12.5. The normalized spacial score (nSPS) is 18.5. The molecule has 1 saturated heterocycles. The van der Waals surface area contributed by atoms with Crippen LogP contribution in [0.2, 0.25) is 0 Å². The second kappa shape index (κ2) is 6.56. The molecule has 1 aromatic heterocycles. The number of aromatic nitrogens is 1. The number of ketones is 1. The van der Waals surface area contributed by atoms with Crippen molar-refractivity contribution in [1.82, 2.24) is 9.88 Å². The number of hydrogen-bond acceptors (Lipinski definition) is 3. The molecule has 0 aromatic carbocycles. The SMILES string of the molecule is CC(=O)c1c[nH]c(C(=O)N2CCCCC2CCC(=O)O)c1. The number of aliphatic carboxylic acids is 1. The summed E-state index contributed by atoms with van der Waals surface area (Å²) in [4.78, 5) is 39.1. The number of nitrogens with one attached hydrogen (secondary N) is 1. The predicted octanol–water partition coefficient (Wildman–Crippen LogP) is 2.08. The molecule has 2 rings (SSSR count). The van der Waals surface area contributed by atoms with Crippen LogP contribution in [-0.2, 0) is 4.79 Å². The van der Waals surface area contributed by atoms with Gasteiger partial charge in [0.1, 0.15) is 5.69 Å². The van der Waals surface area contributed by atoms with Crippen molar-refractivity contribution in [2.75, 3.05) is 6.54 Å². The number of amides is 1. The second-order valence-corrected chi connectivity index (χ2v) is 5.44. The molecule has 2 heterocycles.